The molecule has 4 nitrogen and oxygen atoms in total. The van der Waals surface area contributed by atoms with Gasteiger partial charge in [-0.1, -0.05) is 0 Å². The molecular weight excluding hydrogens is 271 g/mol. The predicted octanol–water partition coefficient (Wildman–Crippen LogP) is 2.44. The zero-order valence-electron chi connectivity index (χ0n) is 12.3. The van der Waals surface area contributed by atoms with Crippen molar-refractivity contribution < 1.29 is 13.9 Å². The van der Waals surface area contributed by atoms with Crippen LogP contribution in [0.15, 0.2) is 24.4 Å². The van der Waals surface area contributed by atoms with E-state index >= 15 is 0 Å². The number of morpholine rings is 1. The maximum Gasteiger partial charge on any atom is 0.232 e. The minimum absolute atomic E-state index is 0.0518. The lowest BCUT2D eigenvalue weighted by Gasteiger charge is -2.34. The molecule has 1 aromatic carbocycles. The highest BCUT2D eigenvalue weighted by Gasteiger charge is 2.36. The average molecular weight is 290 g/mol. The number of aromatic nitrogens is 1. The third kappa shape index (κ3) is 2.42. The van der Waals surface area contributed by atoms with E-state index in [0.717, 1.165) is 16.5 Å². The lowest BCUT2D eigenvalue weighted by molar-refractivity contribution is -0.140. The number of halogens is 1. The van der Waals surface area contributed by atoms with Crippen molar-refractivity contribution in [3.05, 3.63) is 35.8 Å². The van der Waals surface area contributed by atoms with E-state index in [4.69, 9.17) is 4.74 Å². The van der Waals surface area contributed by atoms with Crippen LogP contribution in [0.25, 0.3) is 10.9 Å². The molecule has 0 bridgehead atoms. The smallest absolute Gasteiger partial charge is 0.232 e. The van der Waals surface area contributed by atoms with Crippen molar-refractivity contribution in [1.82, 2.24) is 9.88 Å². The van der Waals surface area contributed by atoms with Gasteiger partial charge in [0, 0.05) is 30.2 Å². The SMILES string of the molecule is CC(C)(C(=O)N1CCOCC1)c1c[nH]c2ccc(F)cc12. The van der Waals surface area contributed by atoms with Crippen LogP contribution in [0.1, 0.15) is 19.4 Å². The number of rotatable bonds is 2. The molecule has 2 heterocycles. The molecule has 0 aliphatic carbocycles. The zero-order chi connectivity index (χ0) is 15.0. The third-order valence-corrected chi connectivity index (χ3v) is 4.15. The number of carbonyl (C=O) groups excluding carboxylic acids is 1. The summed E-state index contributed by atoms with van der Waals surface area (Å²) in [5.74, 6) is -0.242. The van der Waals surface area contributed by atoms with Crippen LogP contribution in [0.5, 0.6) is 0 Å². The Balaban J connectivity index is 1.99. The largest absolute Gasteiger partial charge is 0.378 e. The highest BCUT2D eigenvalue weighted by atomic mass is 19.1. The quantitative estimate of drug-likeness (QED) is 0.923. The summed E-state index contributed by atoms with van der Waals surface area (Å²) in [6.45, 7) is 6.14. The summed E-state index contributed by atoms with van der Waals surface area (Å²) in [4.78, 5) is 17.7. The second-order valence-corrected chi connectivity index (χ2v) is 5.92. The van der Waals surface area contributed by atoms with E-state index in [1.807, 2.05) is 24.9 Å². The Bertz CT molecular complexity index is 672. The summed E-state index contributed by atoms with van der Waals surface area (Å²) in [5, 5.41) is 0.765. The molecule has 112 valence electrons. The minimum atomic E-state index is -0.705. The number of hydrogen-bond donors (Lipinski definition) is 1. The molecule has 1 fully saturated rings. The number of H-pyrrole nitrogens is 1. The first-order valence-electron chi connectivity index (χ1n) is 7.14. The van der Waals surface area contributed by atoms with Crippen LogP contribution in [0.2, 0.25) is 0 Å². The van der Waals surface area contributed by atoms with Crippen LogP contribution in [0.3, 0.4) is 0 Å². The van der Waals surface area contributed by atoms with Gasteiger partial charge in [-0.25, -0.2) is 4.39 Å². The standard InChI is InChI=1S/C16H19FN2O2/c1-16(2,15(20)19-5-7-21-8-6-19)13-10-18-14-4-3-11(17)9-12(13)14/h3-4,9-10,18H,5-8H2,1-2H3. The lowest BCUT2D eigenvalue weighted by Crippen LogP contribution is -2.48. The number of nitrogens with one attached hydrogen (secondary N) is 1. The van der Waals surface area contributed by atoms with Crippen LogP contribution in [0.4, 0.5) is 4.39 Å². The van der Waals surface area contributed by atoms with Gasteiger partial charge in [-0.3, -0.25) is 4.79 Å². The number of amides is 1. The van der Waals surface area contributed by atoms with Crippen molar-refractivity contribution in [3.63, 3.8) is 0 Å². The second-order valence-electron chi connectivity index (χ2n) is 5.92. The number of carbonyl (C=O) groups is 1. The minimum Gasteiger partial charge on any atom is -0.378 e. The first-order valence-corrected chi connectivity index (χ1v) is 7.14. The number of benzene rings is 1. The molecule has 1 aliphatic heterocycles. The van der Waals surface area contributed by atoms with Gasteiger partial charge in [-0.15, -0.1) is 0 Å². The lowest BCUT2D eigenvalue weighted by atomic mass is 9.83. The van der Waals surface area contributed by atoms with E-state index in [9.17, 15) is 9.18 Å². The number of fused-ring (bicyclic) bond motifs is 1. The fraction of sp³-hybridized carbons (Fsp3) is 0.438. The van der Waals surface area contributed by atoms with Gasteiger partial charge in [0.2, 0.25) is 5.91 Å². The third-order valence-electron chi connectivity index (χ3n) is 4.15. The molecule has 1 saturated heterocycles. The fourth-order valence-electron chi connectivity index (χ4n) is 2.89. The van der Waals surface area contributed by atoms with E-state index in [-0.39, 0.29) is 11.7 Å². The van der Waals surface area contributed by atoms with Crippen LogP contribution < -0.4 is 0 Å². The Kier molecular flexibility index (Phi) is 3.45. The van der Waals surface area contributed by atoms with E-state index in [1.165, 1.54) is 12.1 Å². The highest BCUT2D eigenvalue weighted by Crippen LogP contribution is 2.32. The molecule has 1 aromatic heterocycles. The summed E-state index contributed by atoms with van der Waals surface area (Å²) in [5.41, 5.74) is 0.964. The Hall–Kier alpha value is -1.88. The van der Waals surface area contributed by atoms with Gasteiger partial charge >= 0.3 is 0 Å². The fourth-order valence-corrected chi connectivity index (χ4v) is 2.89. The maximum atomic E-state index is 13.5. The molecular formula is C16H19FN2O2. The monoisotopic (exact) mass is 290 g/mol. The zero-order valence-corrected chi connectivity index (χ0v) is 12.3. The van der Waals surface area contributed by atoms with E-state index in [1.54, 1.807) is 6.07 Å². The molecule has 1 N–H and O–H groups in total. The molecule has 3 rings (SSSR count). The highest BCUT2D eigenvalue weighted by molar-refractivity contribution is 5.94. The number of ether oxygens (including phenoxy) is 1. The molecule has 0 atom stereocenters. The summed E-state index contributed by atoms with van der Waals surface area (Å²) in [7, 11) is 0. The van der Waals surface area contributed by atoms with Crippen molar-refractivity contribution in [2.24, 2.45) is 0 Å². The van der Waals surface area contributed by atoms with Crippen molar-refractivity contribution in [2.45, 2.75) is 19.3 Å². The number of hydrogen-bond acceptors (Lipinski definition) is 2. The number of aromatic amines is 1. The van der Waals surface area contributed by atoms with Crippen molar-refractivity contribution in [1.29, 1.82) is 0 Å². The van der Waals surface area contributed by atoms with Gasteiger partial charge in [0.05, 0.1) is 18.6 Å². The molecule has 5 heteroatoms. The topological polar surface area (TPSA) is 45.3 Å². The van der Waals surface area contributed by atoms with Gasteiger partial charge < -0.3 is 14.6 Å². The van der Waals surface area contributed by atoms with Gasteiger partial charge in [-0.05, 0) is 37.6 Å². The molecule has 0 saturated carbocycles. The van der Waals surface area contributed by atoms with Crippen molar-refractivity contribution in [2.75, 3.05) is 26.3 Å². The first-order chi connectivity index (χ1) is 10.00. The summed E-state index contributed by atoms with van der Waals surface area (Å²) in [6.07, 6.45) is 1.81. The predicted molar refractivity (Wildman–Crippen MR) is 78.7 cm³/mol. The molecule has 21 heavy (non-hydrogen) atoms. The van der Waals surface area contributed by atoms with Crippen LogP contribution in [-0.2, 0) is 14.9 Å². The maximum absolute atomic E-state index is 13.5. The summed E-state index contributed by atoms with van der Waals surface area (Å²) in [6, 6.07) is 4.60. The van der Waals surface area contributed by atoms with E-state index in [0.29, 0.717) is 26.3 Å². The van der Waals surface area contributed by atoms with Crippen LogP contribution in [-0.4, -0.2) is 42.1 Å². The van der Waals surface area contributed by atoms with Crippen molar-refractivity contribution >= 4 is 16.8 Å². The van der Waals surface area contributed by atoms with Crippen molar-refractivity contribution in [3.8, 4) is 0 Å². The van der Waals surface area contributed by atoms with Crippen LogP contribution in [0, 0.1) is 5.82 Å². The van der Waals surface area contributed by atoms with Gasteiger partial charge in [0.15, 0.2) is 0 Å². The van der Waals surface area contributed by atoms with Gasteiger partial charge in [0.25, 0.3) is 0 Å². The van der Waals surface area contributed by atoms with Crippen LogP contribution >= 0.6 is 0 Å². The molecule has 1 amide bonds. The molecule has 0 spiro atoms. The van der Waals surface area contributed by atoms with Gasteiger partial charge in [0.1, 0.15) is 5.82 Å². The first kappa shape index (κ1) is 14.1. The molecule has 0 radical (unpaired) electrons. The Morgan fingerprint density at radius 2 is 2.05 bits per heavy atom. The Morgan fingerprint density at radius 1 is 1.33 bits per heavy atom. The Morgan fingerprint density at radius 3 is 2.76 bits per heavy atom. The van der Waals surface area contributed by atoms with Gasteiger partial charge in [-0.2, -0.15) is 0 Å². The molecule has 1 aliphatic rings. The summed E-state index contributed by atoms with van der Waals surface area (Å²) < 4.78 is 18.8. The second kappa shape index (κ2) is 5.15. The van der Waals surface area contributed by atoms with E-state index in [2.05, 4.69) is 4.98 Å². The average Bonchev–Trinajstić information content (AvgIpc) is 2.91. The van der Waals surface area contributed by atoms with E-state index < -0.39 is 5.41 Å². The normalized spacial score (nSPS) is 16.4. The summed E-state index contributed by atoms with van der Waals surface area (Å²) >= 11 is 0. The molecule has 2 aromatic rings. The Labute approximate surface area is 122 Å². The number of nitrogens with zero attached hydrogens (tertiary/aromatic N) is 1. The molecule has 0 unspecified atom stereocenters.